The predicted molar refractivity (Wildman–Crippen MR) is 116 cm³/mol. The van der Waals surface area contributed by atoms with Crippen LogP contribution in [0, 0.1) is 37.8 Å². The van der Waals surface area contributed by atoms with Crippen molar-refractivity contribution in [2.45, 2.75) is 13.8 Å². The molecule has 5 aromatic rings. The summed E-state index contributed by atoms with van der Waals surface area (Å²) in [5.41, 5.74) is 5.17. The maximum atomic E-state index is 6.25. The van der Waals surface area contributed by atoms with E-state index in [0.29, 0.717) is 0 Å². The van der Waals surface area contributed by atoms with E-state index in [4.69, 9.17) is 11.8 Å². The number of aryl methyl sites for hydroxylation is 2. The van der Waals surface area contributed by atoms with Crippen molar-refractivity contribution < 1.29 is 20.1 Å². The summed E-state index contributed by atoms with van der Waals surface area (Å²) in [6, 6.07) is 22.0. The molecule has 7 nitrogen and oxygen atoms in total. The summed E-state index contributed by atoms with van der Waals surface area (Å²) in [6.45, 7) is 8.88. The quantitative estimate of drug-likeness (QED) is 0.291. The molecule has 0 bridgehead atoms. The minimum absolute atomic E-state index is 0. The van der Waals surface area contributed by atoms with Crippen LogP contribution in [0.15, 0.2) is 85.7 Å². The molecule has 0 unspecified atom stereocenters. The third-order valence-corrected chi connectivity index (χ3v) is 4.33. The van der Waals surface area contributed by atoms with Crippen LogP contribution in [0.2, 0.25) is 0 Å². The number of rotatable bonds is 3. The zero-order chi connectivity index (χ0) is 22.1. The Labute approximate surface area is 200 Å². The maximum absolute atomic E-state index is 6.25. The van der Waals surface area contributed by atoms with Crippen LogP contribution in [0.3, 0.4) is 0 Å². The Morgan fingerprint density at radius 1 is 0.750 bits per heavy atom. The van der Waals surface area contributed by atoms with Crippen LogP contribution in [0.5, 0.6) is 0 Å². The Kier molecular flexibility index (Phi) is 9.30. The molecular weight excluding hydrogens is 579 g/mol. The Balaban J connectivity index is 0.000000224. The summed E-state index contributed by atoms with van der Waals surface area (Å²) < 4.78 is 5.42. The molecule has 0 aliphatic heterocycles. The first-order valence-corrected chi connectivity index (χ1v) is 9.45. The molecule has 0 N–H and O–H groups in total. The number of para-hydroxylation sites is 1. The van der Waals surface area contributed by atoms with Crippen molar-refractivity contribution in [2.75, 3.05) is 0 Å². The van der Waals surface area contributed by atoms with Crippen LogP contribution in [-0.2, 0) is 20.1 Å². The topological polar surface area (TPSA) is 77.2 Å². The summed E-state index contributed by atoms with van der Waals surface area (Å²) in [5, 5.41) is 18.8. The van der Waals surface area contributed by atoms with E-state index in [2.05, 4.69) is 47.3 Å². The molecule has 0 atom stereocenters. The molecule has 0 aliphatic rings. The van der Waals surface area contributed by atoms with Gasteiger partial charge in [0.15, 0.2) is 0 Å². The van der Waals surface area contributed by atoms with E-state index in [1.54, 1.807) is 23.3 Å². The van der Waals surface area contributed by atoms with Gasteiger partial charge >= 0.3 is 20.1 Å². The van der Waals surface area contributed by atoms with E-state index in [9.17, 15) is 0 Å². The summed E-state index contributed by atoms with van der Waals surface area (Å²) in [7, 11) is 0. The van der Waals surface area contributed by atoms with Gasteiger partial charge < -0.3 is 11.8 Å². The first-order valence-electron chi connectivity index (χ1n) is 9.45. The standard InChI is InChI=1S/C14H13N4.C9H7N2.CN.Ir/c1-11-9-12(2)14(18-8-4-6-16-18)10-13(11)17-7-3-5-15-17;1-2-5-9(6-3-1)11-8-4-7-10-11;1-2;/h3-9H,1-2H3;1-5,7-8H;;/q3*-1;+3. The van der Waals surface area contributed by atoms with Gasteiger partial charge in [-0.15, -0.1) is 23.3 Å². The molecular formula is C24H20IrN7. The second kappa shape index (κ2) is 12.2. The third-order valence-electron chi connectivity index (χ3n) is 4.33. The number of benzene rings is 2. The van der Waals surface area contributed by atoms with Gasteiger partial charge in [0.1, 0.15) is 0 Å². The summed E-state index contributed by atoms with van der Waals surface area (Å²) >= 11 is 0. The molecule has 2 aromatic carbocycles. The van der Waals surface area contributed by atoms with Gasteiger partial charge in [0.05, 0.1) is 0 Å². The number of hydrogen-bond donors (Lipinski definition) is 0. The van der Waals surface area contributed by atoms with Gasteiger partial charge in [0, 0.05) is 37.2 Å². The molecule has 0 aliphatic carbocycles. The minimum atomic E-state index is 0. The first-order chi connectivity index (χ1) is 15.2. The minimum Gasteiger partial charge on any atom is -0.512 e. The third kappa shape index (κ3) is 5.88. The second-order valence-corrected chi connectivity index (χ2v) is 6.43. The SMILES string of the molecule is Cc1cc(C)c(-n2cccn2)[c-]c1-n1cccn1.[C-]#N.[Ir+3].[c-]1ccccc1-n1cccn1. The van der Waals surface area contributed by atoms with Crippen molar-refractivity contribution in [1.82, 2.24) is 29.3 Å². The van der Waals surface area contributed by atoms with E-state index in [1.807, 2.05) is 70.4 Å². The van der Waals surface area contributed by atoms with Gasteiger partial charge in [-0.1, -0.05) is 13.8 Å². The average Bonchev–Trinajstić information content (AvgIpc) is 3.60. The van der Waals surface area contributed by atoms with Crippen LogP contribution < -0.4 is 0 Å². The van der Waals surface area contributed by atoms with Gasteiger partial charge in [0.25, 0.3) is 0 Å². The summed E-state index contributed by atoms with van der Waals surface area (Å²) in [5.74, 6) is 0. The largest absolute Gasteiger partial charge is 3.00 e. The van der Waals surface area contributed by atoms with Crippen LogP contribution in [0.1, 0.15) is 11.1 Å². The molecule has 3 heterocycles. The molecule has 0 spiro atoms. The van der Waals surface area contributed by atoms with Gasteiger partial charge in [0.2, 0.25) is 0 Å². The number of nitrogens with zero attached hydrogens (tertiary/aromatic N) is 7. The van der Waals surface area contributed by atoms with Crippen LogP contribution in [-0.4, -0.2) is 29.3 Å². The fourth-order valence-corrected chi connectivity index (χ4v) is 2.99. The van der Waals surface area contributed by atoms with Crippen molar-refractivity contribution in [3.05, 3.63) is 116 Å². The molecule has 0 saturated heterocycles. The molecule has 0 fully saturated rings. The molecule has 8 heteroatoms. The Hall–Kier alpha value is -3.79. The van der Waals surface area contributed by atoms with Crippen molar-refractivity contribution in [3.63, 3.8) is 0 Å². The van der Waals surface area contributed by atoms with E-state index >= 15 is 0 Å². The smallest absolute Gasteiger partial charge is 0.512 e. The summed E-state index contributed by atoms with van der Waals surface area (Å²) in [4.78, 5) is 0. The van der Waals surface area contributed by atoms with Crippen molar-refractivity contribution in [3.8, 4) is 17.1 Å². The number of aromatic nitrogens is 6. The molecule has 5 rings (SSSR count). The summed E-state index contributed by atoms with van der Waals surface area (Å²) in [6.07, 6.45) is 11.0. The van der Waals surface area contributed by atoms with Gasteiger partial charge in [-0.2, -0.15) is 45.6 Å². The van der Waals surface area contributed by atoms with Gasteiger partial charge in [-0.25, -0.2) is 0 Å². The van der Waals surface area contributed by atoms with Gasteiger partial charge in [-0.05, 0) is 35.3 Å². The van der Waals surface area contributed by atoms with Crippen molar-refractivity contribution >= 4 is 0 Å². The van der Waals surface area contributed by atoms with E-state index in [0.717, 1.165) is 28.2 Å². The van der Waals surface area contributed by atoms with Crippen molar-refractivity contribution in [1.29, 1.82) is 5.26 Å². The monoisotopic (exact) mass is 599 g/mol. The molecule has 0 radical (unpaired) electrons. The molecule has 160 valence electrons. The zero-order valence-electron chi connectivity index (χ0n) is 17.5. The van der Waals surface area contributed by atoms with Gasteiger partial charge in [-0.3, -0.25) is 14.0 Å². The molecule has 0 saturated carbocycles. The average molecular weight is 599 g/mol. The maximum Gasteiger partial charge on any atom is 3.00 e. The Morgan fingerprint density at radius 2 is 1.25 bits per heavy atom. The van der Waals surface area contributed by atoms with Crippen molar-refractivity contribution in [2.24, 2.45) is 0 Å². The zero-order valence-corrected chi connectivity index (χ0v) is 19.9. The number of hydrogen-bond acceptors (Lipinski definition) is 4. The fourth-order valence-electron chi connectivity index (χ4n) is 2.99. The predicted octanol–water partition coefficient (Wildman–Crippen LogP) is 4.24. The normalized spacial score (nSPS) is 9.50. The second-order valence-electron chi connectivity index (χ2n) is 6.43. The molecule has 3 aromatic heterocycles. The first kappa shape index (κ1) is 24.5. The van der Waals surface area contributed by atoms with E-state index < -0.39 is 0 Å². The van der Waals surface area contributed by atoms with Crippen LogP contribution in [0.25, 0.3) is 17.1 Å². The Morgan fingerprint density at radius 3 is 1.66 bits per heavy atom. The molecule has 0 amide bonds. The van der Waals surface area contributed by atoms with E-state index in [1.165, 1.54) is 0 Å². The Bertz CT molecular complexity index is 1140. The fraction of sp³-hybridized carbons (Fsp3) is 0.0833. The van der Waals surface area contributed by atoms with Crippen LogP contribution >= 0.6 is 0 Å². The molecule has 32 heavy (non-hydrogen) atoms. The van der Waals surface area contributed by atoms with Crippen LogP contribution in [0.4, 0.5) is 0 Å². The van der Waals surface area contributed by atoms with E-state index in [-0.39, 0.29) is 20.1 Å².